The van der Waals surface area contributed by atoms with Crippen LogP contribution in [0, 0.1) is 0 Å². The molecule has 4 rings (SSSR count). The first-order valence-corrected chi connectivity index (χ1v) is 11.7. The van der Waals surface area contributed by atoms with Gasteiger partial charge >= 0.3 is 0 Å². The Kier molecular flexibility index (Phi) is 7.53. The van der Waals surface area contributed by atoms with Crippen LogP contribution < -0.4 is 15.5 Å². The van der Waals surface area contributed by atoms with Crippen molar-refractivity contribution in [1.29, 1.82) is 0 Å². The monoisotopic (exact) mass is 511 g/mol. The van der Waals surface area contributed by atoms with E-state index in [0.717, 1.165) is 5.82 Å². The van der Waals surface area contributed by atoms with Crippen molar-refractivity contribution >= 4 is 58.1 Å². The van der Waals surface area contributed by atoms with Gasteiger partial charge in [-0.2, -0.15) is 0 Å². The number of nitrogens with one attached hydrogen (secondary N) is 2. The Balaban J connectivity index is 1.39. The molecule has 0 spiro atoms. The van der Waals surface area contributed by atoms with Crippen molar-refractivity contribution in [2.24, 2.45) is 0 Å². The van der Waals surface area contributed by atoms with Crippen LogP contribution in [0.15, 0.2) is 60.8 Å². The summed E-state index contributed by atoms with van der Waals surface area (Å²) in [6.45, 7) is 4.23. The van der Waals surface area contributed by atoms with Crippen LogP contribution in [-0.4, -0.2) is 53.8 Å². The largest absolute Gasteiger partial charge is 0.353 e. The Labute approximate surface area is 212 Å². The van der Waals surface area contributed by atoms with E-state index < -0.39 is 0 Å². The third-order valence-corrected chi connectivity index (χ3v) is 6.22. The van der Waals surface area contributed by atoms with Gasteiger partial charge in [0, 0.05) is 55.6 Å². The topological polar surface area (TPSA) is 94.6 Å². The zero-order chi connectivity index (χ0) is 24.9. The molecule has 0 aliphatic carbocycles. The molecular formula is C25H23Cl2N5O3. The lowest BCUT2D eigenvalue weighted by molar-refractivity contribution is -0.129. The SMILES string of the molecule is CC(=O)N1CCN(c2ccc(C(=O)Nc3ccc(Cl)c(NC(=O)c4ccc(Cl)cc4)c3)cn2)CC1. The van der Waals surface area contributed by atoms with Gasteiger partial charge in [-0.25, -0.2) is 4.98 Å². The number of carbonyl (C=O) groups is 3. The molecule has 1 aliphatic rings. The smallest absolute Gasteiger partial charge is 0.257 e. The van der Waals surface area contributed by atoms with Crippen molar-refractivity contribution in [2.75, 3.05) is 41.7 Å². The van der Waals surface area contributed by atoms with Crippen LogP contribution in [0.5, 0.6) is 0 Å². The molecule has 3 aromatic rings. The Bertz CT molecular complexity index is 1240. The van der Waals surface area contributed by atoms with Crippen LogP contribution in [0.4, 0.5) is 17.2 Å². The number of rotatable bonds is 5. The van der Waals surface area contributed by atoms with E-state index in [1.54, 1.807) is 66.4 Å². The Hall–Kier alpha value is -3.62. The molecule has 2 aromatic carbocycles. The second-order valence-electron chi connectivity index (χ2n) is 8.01. The third-order valence-electron chi connectivity index (χ3n) is 5.64. The minimum atomic E-state index is -0.351. The molecule has 0 atom stereocenters. The lowest BCUT2D eigenvalue weighted by Gasteiger charge is -2.34. The maximum Gasteiger partial charge on any atom is 0.257 e. The fraction of sp³-hybridized carbons (Fsp3) is 0.200. The summed E-state index contributed by atoms with van der Waals surface area (Å²) in [6.07, 6.45) is 1.52. The standard InChI is InChI=1S/C25H23Cl2N5O3/c1-16(33)31-10-12-32(13-11-31)23-9-4-18(15-28-23)25(35)29-20-7-8-21(27)22(14-20)30-24(34)17-2-5-19(26)6-3-17/h2-9,14-15H,10-13H2,1H3,(H,29,35)(H,30,34). The fourth-order valence-electron chi connectivity index (χ4n) is 3.66. The molecule has 35 heavy (non-hydrogen) atoms. The van der Waals surface area contributed by atoms with Crippen LogP contribution in [-0.2, 0) is 4.79 Å². The number of aromatic nitrogens is 1. The first-order chi connectivity index (χ1) is 16.8. The number of pyridine rings is 1. The van der Waals surface area contributed by atoms with E-state index in [2.05, 4.69) is 20.5 Å². The highest BCUT2D eigenvalue weighted by molar-refractivity contribution is 6.34. The molecule has 0 unspecified atom stereocenters. The highest BCUT2D eigenvalue weighted by atomic mass is 35.5. The quantitative estimate of drug-likeness (QED) is 0.523. The van der Waals surface area contributed by atoms with Gasteiger partial charge in [-0.3, -0.25) is 14.4 Å². The molecule has 10 heteroatoms. The van der Waals surface area contributed by atoms with Gasteiger partial charge in [0.25, 0.3) is 11.8 Å². The average Bonchev–Trinajstić information content (AvgIpc) is 2.86. The average molecular weight is 512 g/mol. The summed E-state index contributed by atoms with van der Waals surface area (Å²) in [5, 5.41) is 6.41. The number of hydrogen-bond acceptors (Lipinski definition) is 5. The maximum absolute atomic E-state index is 12.7. The van der Waals surface area contributed by atoms with Crippen molar-refractivity contribution in [2.45, 2.75) is 6.92 Å². The van der Waals surface area contributed by atoms with Gasteiger partial charge < -0.3 is 20.4 Å². The molecule has 2 heterocycles. The van der Waals surface area contributed by atoms with Gasteiger partial charge in [-0.05, 0) is 54.6 Å². The second kappa shape index (κ2) is 10.8. The first-order valence-electron chi connectivity index (χ1n) is 10.9. The van der Waals surface area contributed by atoms with Crippen LogP contribution in [0.3, 0.4) is 0 Å². The summed E-state index contributed by atoms with van der Waals surface area (Å²) >= 11 is 12.1. The number of halogens is 2. The Morgan fingerprint density at radius 2 is 1.49 bits per heavy atom. The molecule has 8 nitrogen and oxygen atoms in total. The lowest BCUT2D eigenvalue weighted by atomic mass is 10.2. The van der Waals surface area contributed by atoms with Crippen molar-refractivity contribution in [3.63, 3.8) is 0 Å². The molecule has 0 radical (unpaired) electrons. The first kappa shape index (κ1) is 24.5. The molecule has 2 N–H and O–H groups in total. The van der Waals surface area contributed by atoms with Crippen molar-refractivity contribution < 1.29 is 14.4 Å². The van der Waals surface area contributed by atoms with Crippen LogP contribution in [0.2, 0.25) is 10.0 Å². The highest BCUT2D eigenvalue weighted by Crippen LogP contribution is 2.27. The van der Waals surface area contributed by atoms with Crippen molar-refractivity contribution in [1.82, 2.24) is 9.88 Å². The van der Waals surface area contributed by atoms with Crippen LogP contribution in [0.1, 0.15) is 27.6 Å². The molecule has 180 valence electrons. The zero-order valence-electron chi connectivity index (χ0n) is 18.9. The van der Waals surface area contributed by atoms with Gasteiger partial charge in [-0.1, -0.05) is 23.2 Å². The molecule has 1 aliphatic heterocycles. The summed E-state index contributed by atoms with van der Waals surface area (Å²) in [5.41, 5.74) is 1.64. The van der Waals surface area contributed by atoms with Crippen molar-refractivity contribution in [3.05, 3.63) is 82.0 Å². The van der Waals surface area contributed by atoms with E-state index in [1.165, 1.54) is 6.20 Å². The summed E-state index contributed by atoms with van der Waals surface area (Å²) in [4.78, 5) is 45.1. The van der Waals surface area contributed by atoms with Crippen molar-refractivity contribution in [3.8, 4) is 0 Å². The maximum atomic E-state index is 12.7. The number of nitrogens with zero attached hydrogens (tertiary/aromatic N) is 3. The number of carbonyl (C=O) groups excluding carboxylic acids is 3. The predicted octanol–water partition coefficient (Wildman–Crippen LogP) is 4.56. The van der Waals surface area contributed by atoms with E-state index in [1.807, 2.05) is 0 Å². The van der Waals surface area contributed by atoms with Gasteiger partial charge in [0.15, 0.2) is 0 Å². The third kappa shape index (κ3) is 6.09. The summed E-state index contributed by atoms with van der Waals surface area (Å²) in [5.74, 6) is 0.127. The Morgan fingerprint density at radius 1 is 0.829 bits per heavy atom. The number of amides is 3. The molecule has 0 bridgehead atoms. The van der Waals surface area contributed by atoms with E-state index in [0.29, 0.717) is 58.7 Å². The van der Waals surface area contributed by atoms with E-state index in [-0.39, 0.29) is 17.7 Å². The highest BCUT2D eigenvalue weighted by Gasteiger charge is 2.20. The minimum absolute atomic E-state index is 0.0690. The Morgan fingerprint density at radius 3 is 2.11 bits per heavy atom. The van der Waals surface area contributed by atoms with Gasteiger partial charge in [0.1, 0.15) is 5.82 Å². The molecule has 1 aromatic heterocycles. The molecular weight excluding hydrogens is 489 g/mol. The molecule has 0 saturated carbocycles. The summed E-state index contributed by atoms with van der Waals surface area (Å²) < 4.78 is 0. The predicted molar refractivity (Wildman–Crippen MR) is 138 cm³/mol. The van der Waals surface area contributed by atoms with E-state index in [9.17, 15) is 14.4 Å². The normalized spacial score (nSPS) is 13.3. The second-order valence-corrected chi connectivity index (χ2v) is 8.85. The van der Waals surface area contributed by atoms with Gasteiger partial charge in [-0.15, -0.1) is 0 Å². The van der Waals surface area contributed by atoms with E-state index >= 15 is 0 Å². The number of benzene rings is 2. The molecule has 1 fully saturated rings. The molecule has 1 saturated heterocycles. The minimum Gasteiger partial charge on any atom is -0.353 e. The lowest BCUT2D eigenvalue weighted by Crippen LogP contribution is -2.48. The van der Waals surface area contributed by atoms with Gasteiger partial charge in [0.05, 0.1) is 16.3 Å². The molecule has 3 amide bonds. The van der Waals surface area contributed by atoms with Crippen LogP contribution in [0.25, 0.3) is 0 Å². The van der Waals surface area contributed by atoms with Gasteiger partial charge in [0.2, 0.25) is 5.91 Å². The number of hydrogen-bond donors (Lipinski definition) is 2. The number of anilines is 3. The fourth-order valence-corrected chi connectivity index (χ4v) is 3.95. The summed E-state index contributed by atoms with van der Waals surface area (Å²) in [7, 11) is 0. The zero-order valence-corrected chi connectivity index (χ0v) is 20.4. The van der Waals surface area contributed by atoms with Crippen LogP contribution >= 0.6 is 23.2 Å². The summed E-state index contributed by atoms with van der Waals surface area (Å²) in [6, 6.07) is 14.8. The number of piperazine rings is 1. The van der Waals surface area contributed by atoms with E-state index in [4.69, 9.17) is 23.2 Å².